The third-order valence-electron chi connectivity index (χ3n) is 4.60. The molecule has 2 heterocycles. The van der Waals surface area contributed by atoms with Gasteiger partial charge in [0.15, 0.2) is 5.76 Å². The van der Waals surface area contributed by atoms with E-state index in [1.54, 1.807) is 6.07 Å². The second-order valence-electron chi connectivity index (χ2n) is 6.52. The molecule has 1 aliphatic rings. The summed E-state index contributed by atoms with van der Waals surface area (Å²) in [5.74, 6) is -0.332. The van der Waals surface area contributed by atoms with Crippen LogP contribution in [-0.2, 0) is 0 Å². The Labute approximate surface area is 184 Å². The lowest BCUT2D eigenvalue weighted by Gasteiger charge is -2.35. The summed E-state index contributed by atoms with van der Waals surface area (Å²) in [7, 11) is 0. The Balaban J connectivity index is 0.000000757. The minimum atomic E-state index is -0.538. The number of hydrogen-bond acceptors (Lipinski definition) is 5. The van der Waals surface area contributed by atoms with Crippen molar-refractivity contribution in [2.45, 2.75) is 39.5 Å². The molecule has 0 bridgehead atoms. The summed E-state index contributed by atoms with van der Waals surface area (Å²) >= 11 is 1.82. The van der Waals surface area contributed by atoms with E-state index < -0.39 is 5.91 Å². The average Bonchev–Trinajstić information content (AvgIpc) is 3.23. The number of benzene rings is 2. The van der Waals surface area contributed by atoms with E-state index in [0.29, 0.717) is 5.58 Å². The number of rotatable bonds is 4. The Morgan fingerprint density at radius 2 is 1.57 bits per heavy atom. The highest BCUT2D eigenvalue weighted by Crippen LogP contribution is 2.28. The van der Waals surface area contributed by atoms with Gasteiger partial charge in [0.25, 0.3) is 5.91 Å². The van der Waals surface area contributed by atoms with Crippen LogP contribution in [0.4, 0.5) is 5.69 Å². The van der Waals surface area contributed by atoms with E-state index in [4.69, 9.17) is 10.2 Å². The standard InChI is InChI=1S/C20H21N3O2S.2C2H6/c1-14-2-5-17(6-3-14)26-23-10-8-22(9-11-23)16-4-7-18-15(12-16)13-19(25-18)20(21)24;2*1-2/h2-7,12-13H,8-11H2,1H3,(H2,21,24);2*1-2H3. The van der Waals surface area contributed by atoms with Crippen LogP contribution >= 0.6 is 11.9 Å². The van der Waals surface area contributed by atoms with Crippen LogP contribution in [0.3, 0.4) is 0 Å². The van der Waals surface area contributed by atoms with Crippen molar-refractivity contribution in [3.05, 3.63) is 59.9 Å². The number of nitrogens with zero attached hydrogens (tertiary/aromatic N) is 2. The van der Waals surface area contributed by atoms with Gasteiger partial charge >= 0.3 is 0 Å². The van der Waals surface area contributed by atoms with E-state index in [2.05, 4.69) is 46.5 Å². The molecule has 1 aliphatic heterocycles. The molecular formula is C24H33N3O2S. The van der Waals surface area contributed by atoms with Crippen molar-refractivity contribution < 1.29 is 9.21 Å². The fourth-order valence-corrected chi connectivity index (χ4v) is 4.04. The zero-order valence-electron chi connectivity index (χ0n) is 18.6. The predicted octanol–water partition coefficient (Wildman–Crippen LogP) is 5.72. The van der Waals surface area contributed by atoms with Gasteiger partial charge in [0.1, 0.15) is 5.58 Å². The molecule has 162 valence electrons. The number of carbonyl (C=O) groups excluding carboxylic acids is 1. The van der Waals surface area contributed by atoms with Gasteiger partial charge in [-0.3, -0.25) is 4.79 Å². The summed E-state index contributed by atoms with van der Waals surface area (Å²) in [5, 5.41) is 0.910. The fraction of sp³-hybridized carbons (Fsp3) is 0.375. The van der Waals surface area contributed by atoms with Crippen LogP contribution < -0.4 is 10.6 Å². The first-order valence-electron chi connectivity index (χ1n) is 10.7. The summed E-state index contributed by atoms with van der Waals surface area (Å²) in [6, 6.07) is 16.4. The number of nitrogens with two attached hydrogens (primary N) is 1. The van der Waals surface area contributed by atoms with Gasteiger partial charge in [0.2, 0.25) is 0 Å². The van der Waals surface area contributed by atoms with Crippen LogP contribution in [0.2, 0.25) is 0 Å². The van der Waals surface area contributed by atoms with Gasteiger partial charge in [-0.2, -0.15) is 0 Å². The smallest absolute Gasteiger partial charge is 0.284 e. The second-order valence-corrected chi connectivity index (χ2v) is 7.69. The normalized spacial score (nSPS) is 13.8. The van der Waals surface area contributed by atoms with Gasteiger partial charge in [-0.25, -0.2) is 4.31 Å². The SMILES string of the molecule is CC.CC.Cc1ccc(SN2CCN(c3ccc4oc(C(N)=O)cc4c3)CC2)cc1. The molecule has 6 heteroatoms. The number of furan rings is 1. The third kappa shape index (κ3) is 6.03. The van der Waals surface area contributed by atoms with Crippen molar-refractivity contribution in [3.8, 4) is 0 Å². The Hall–Kier alpha value is -2.44. The monoisotopic (exact) mass is 427 g/mol. The van der Waals surface area contributed by atoms with Crippen molar-refractivity contribution in [2.24, 2.45) is 5.73 Å². The molecule has 2 N–H and O–H groups in total. The predicted molar refractivity (Wildman–Crippen MR) is 128 cm³/mol. The first-order valence-corrected chi connectivity index (χ1v) is 11.4. The molecule has 1 saturated heterocycles. The highest BCUT2D eigenvalue weighted by Gasteiger charge is 2.19. The number of amides is 1. The molecule has 30 heavy (non-hydrogen) atoms. The van der Waals surface area contributed by atoms with Gasteiger partial charge in [-0.15, -0.1) is 0 Å². The minimum absolute atomic E-state index is 0.205. The zero-order valence-corrected chi connectivity index (χ0v) is 19.5. The fourth-order valence-electron chi connectivity index (χ4n) is 3.13. The van der Waals surface area contributed by atoms with Gasteiger partial charge in [0.05, 0.1) is 0 Å². The van der Waals surface area contributed by atoms with Gasteiger partial charge in [-0.05, 0) is 55.3 Å². The number of aryl methyl sites for hydroxylation is 1. The maximum absolute atomic E-state index is 11.3. The van der Waals surface area contributed by atoms with Gasteiger partial charge in [0, 0.05) is 42.1 Å². The van der Waals surface area contributed by atoms with Crippen LogP contribution in [0.5, 0.6) is 0 Å². The lowest BCUT2D eigenvalue weighted by atomic mass is 10.2. The van der Waals surface area contributed by atoms with Crippen LogP contribution in [-0.4, -0.2) is 36.4 Å². The molecule has 1 fully saturated rings. The van der Waals surface area contributed by atoms with Crippen LogP contribution in [0.15, 0.2) is 57.8 Å². The molecule has 5 nitrogen and oxygen atoms in total. The molecule has 1 amide bonds. The number of anilines is 1. The summed E-state index contributed by atoms with van der Waals surface area (Å²) in [4.78, 5) is 14.9. The average molecular weight is 428 g/mol. The molecule has 1 aromatic heterocycles. The van der Waals surface area contributed by atoms with Crippen LogP contribution in [0.25, 0.3) is 11.0 Å². The number of piperazine rings is 1. The van der Waals surface area contributed by atoms with Crippen molar-refractivity contribution >= 4 is 34.5 Å². The minimum Gasteiger partial charge on any atom is -0.451 e. The van der Waals surface area contributed by atoms with Gasteiger partial charge < -0.3 is 15.1 Å². The van der Waals surface area contributed by atoms with Gasteiger partial charge in [-0.1, -0.05) is 45.4 Å². The van der Waals surface area contributed by atoms with Crippen molar-refractivity contribution in [1.82, 2.24) is 4.31 Å². The number of carbonyl (C=O) groups is 1. The maximum atomic E-state index is 11.3. The Morgan fingerprint density at radius 3 is 2.17 bits per heavy atom. The van der Waals surface area contributed by atoms with Crippen molar-refractivity contribution in [1.29, 1.82) is 0 Å². The summed E-state index contributed by atoms with van der Waals surface area (Å²) in [5.41, 5.74) is 8.42. The van der Waals surface area contributed by atoms with E-state index in [-0.39, 0.29) is 5.76 Å². The molecule has 2 aromatic carbocycles. The van der Waals surface area contributed by atoms with E-state index in [0.717, 1.165) is 37.3 Å². The summed E-state index contributed by atoms with van der Waals surface area (Å²) in [6.45, 7) is 14.0. The highest BCUT2D eigenvalue weighted by atomic mass is 32.2. The van der Waals surface area contributed by atoms with E-state index in [1.165, 1.54) is 10.5 Å². The Morgan fingerprint density at radius 1 is 0.933 bits per heavy atom. The quantitative estimate of drug-likeness (QED) is 0.539. The Kier molecular flexibility index (Phi) is 9.27. The molecular weight excluding hydrogens is 394 g/mol. The first-order chi connectivity index (χ1) is 14.6. The summed E-state index contributed by atoms with van der Waals surface area (Å²) < 4.78 is 7.86. The van der Waals surface area contributed by atoms with E-state index in [1.807, 2.05) is 51.8 Å². The molecule has 0 saturated carbocycles. The molecule has 0 unspecified atom stereocenters. The largest absolute Gasteiger partial charge is 0.451 e. The van der Waals surface area contributed by atoms with Crippen molar-refractivity contribution in [2.75, 3.05) is 31.1 Å². The number of primary amides is 1. The maximum Gasteiger partial charge on any atom is 0.284 e. The van der Waals surface area contributed by atoms with E-state index in [9.17, 15) is 4.79 Å². The first kappa shape index (κ1) is 23.8. The lowest BCUT2D eigenvalue weighted by Crippen LogP contribution is -2.43. The second kappa shape index (κ2) is 11.7. The molecule has 0 radical (unpaired) electrons. The molecule has 4 rings (SSSR count). The number of fused-ring (bicyclic) bond motifs is 1. The topological polar surface area (TPSA) is 62.7 Å². The van der Waals surface area contributed by atoms with Crippen LogP contribution in [0, 0.1) is 6.92 Å². The molecule has 0 aliphatic carbocycles. The van der Waals surface area contributed by atoms with E-state index >= 15 is 0 Å². The molecule has 0 spiro atoms. The molecule has 3 aromatic rings. The zero-order chi connectivity index (χ0) is 22.1. The third-order valence-corrected chi connectivity index (χ3v) is 5.71. The summed E-state index contributed by atoms with van der Waals surface area (Å²) in [6.07, 6.45) is 0. The molecule has 0 atom stereocenters. The highest BCUT2D eigenvalue weighted by molar-refractivity contribution is 7.97. The van der Waals surface area contributed by atoms with Crippen molar-refractivity contribution in [3.63, 3.8) is 0 Å². The van der Waals surface area contributed by atoms with Crippen LogP contribution in [0.1, 0.15) is 43.8 Å². The number of hydrogen-bond donors (Lipinski definition) is 1. The lowest BCUT2D eigenvalue weighted by molar-refractivity contribution is 0.0976. The Bertz CT molecular complexity index is 929.